The minimum Gasteiger partial charge on any atom is -0.341 e. The maximum atomic E-state index is 13.2. The number of nitrogens with one attached hydrogen (secondary N) is 2. The molecule has 2 unspecified atom stereocenters. The summed E-state index contributed by atoms with van der Waals surface area (Å²) in [6, 6.07) is 2.46. The smallest absolute Gasteiger partial charge is 0.161 e. The van der Waals surface area contributed by atoms with Crippen molar-refractivity contribution in [2.75, 3.05) is 6.54 Å². The Morgan fingerprint density at radius 3 is 2.89 bits per heavy atom. The first-order valence-corrected chi connectivity index (χ1v) is 6.75. The van der Waals surface area contributed by atoms with Crippen LogP contribution in [0.25, 0.3) is 11.0 Å². The van der Waals surface area contributed by atoms with Gasteiger partial charge in [-0.2, -0.15) is 0 Å². The van der Waals surface area contributed by atoms with Gasteiger partial charge in [-0.3, -0.25) is 0 Å². The van der Waals surface area contributed by atoms with Gasteiger partial charge in [0.25, 0.3) is 0 Å². The van der Waals surface area contributed by atoms with Crippen molar-refractivity contribution in [1.82, 2.24) is 15.3 Å². The van der Waals surface area contributed by atoms with Crippen LogP contribution in [0.1, 0.15) is 38.1 Å². The molecule has 3 nitrogen and oxygen atoms in total. The average Bonchev–Trinajstić information content (AvgIpc) is 2.82. The van der Waals surface area contributed by atoms with Crippen molar-refractivity contribution in [3.63, 3.8) is 0 Å². The van der Waals surface area contributed by atoms with Crippen molar-refractivity contribution in [3.05, 3.63) is 29.6 Å². The molecule has 0 bridgehead atoms. The predicted octanol–water partition coefficient (Wildman–Crippen LogP) is 3.29. The van der Waals surface area contributed by atoms with Crippen molar-refractivity contribution in [2.45, 2.75) is 32.2 Å². The summed E-state index contributed by atoms with van der Waals surface area (Å²) in [5.41, 5.74) is 1.03. The molecule has 2 N–H and O–H groups in total. The maximum absolute atomic E-state index is 13.2. The van der Waals surface area contributed by atoms with Crippen LogP contribution in [0.4, 0.5) is 8.78 Å². The molecule has 0 amide bonds. The molecule has 1 aromatic carbocycles. The lowest BCUT2D eigenvalue weighted by Crippen LogP contribution is -2.32. The fraction of sp³-hybridized carbons (Fsp3) is 0.500. The van der Waals surface area contributed by atoms with E-state index in [4.69, 9.17) is 0 Å². The molecular weight excluding hydrogens is 248 g/mol. The fourth-order valence-corrected chi connectivity index (χ4v) is 2.76. The number of aromatic amines is 1. The van der Waals surface area contributed by atoms with Crippen LogP contribution >= 0.6 is 0 Å². The van der Waals surface area contributed by atoms with Gasteiger partial charge in [0.15, 0.2) is 11.6 Å². The lowest BCUT2D eigenvalue weighted by molar-refractivity contribution is 0.292. The summed E-state index contributed by atoms with van der Waals surface area (Å²) in [6.45, 7) is 3.15. The second-order valence-electron chi connectivity index (χ2n) is 5.21. The number of hydrogen-bond donors (Lipinski definition) is 2. The molecule has 0 saturated carbocycles. The van der Waals surface area contributed by atoms with Crippen molar-refractivity contribution in [1.29, 1.82) is 0 Å². The first-order chi connectivity index (χ1) is 9.17. The lowest BCUT2D eigenvalue weighted by atomic mass is 9.90. The van der Waals surface area contributed by atoms with E-state index in [-0.39, 0.29) is 6.04 Å². The van der Waals surface area contributed by atoms with Crippen LogP contribution in [-0.4, -0.2) is 16.5 Å². The number of hydrogen-bond acceptors (Lipinski definition) is 2. The van der Waals surface area contributed by atoms with Crippen molar-refractivity contribution >= 4 is 11.0 Å². The third-order valence-electron chi connectivity index (χ3n) is 3.96. The molecule has 102 valence electrons. The molecule has 1 aromatic heterocycles. The van der Waals surface area contributed by atoms with E-state index in [1.165, 1.54) is 12.5 Å². The van der Waals surface area contributed by atoms with Crippen LogP contribution in [0.3, 0.4) is 0 Å². The highest BCUT2D eigenvalue weighted by molar-refractivity contribution is 5.75. The SMILES string of the molecule is CCC1CCNC(c2nc3cc(F)c(F)cc3[nH]2)C1. The van der Waals surface area contributed by atoms with Gasteiger partial charge in [0.2, 0.25) is 0 Å². The van der Waals surface area contributed by atoms with Crippen LogP contribution in [-0.2, 0) is 0 Å². The Bertz CT molecular complexity index is 555. The van der Waals surface area contributed by atoms with E-state index in [1.807, 2.05) is 0 Å². The van der Waals surface area contributed by atoms with Gasteiger partial charge in [-0.15, -0.1) is 0 Å². The summed E-state index contributed by atoms with van der Waals surface area (Å²) >= 11 is 0. The predicted molar refractivity (Wildman–Crippen MR) is 69.8 cm³/mol. The summed E-state index contributed by atoms with van der Waals surface area (Å²) in [4.78, 5) is 7.48. The Hall–Kier alpha value is -1.49. The van der Waals surface area contributed by atoms with Crippen LogP contribution in [0.15, 0.2) is 12.1 Å². The molecule has 0 radical (unpaired) electrons. The van der Waals surface area contributed by atoms with E-state index in [2.05, 4.69) is 22.2 Å². The molecule has 5 heteroatoms. The molecule has 2 heterocycles. The van der Waals surface area contributed by atoms with Crippen LogP contribution < -0.4 is 5.32 Å². The van der Waals surface area contributed by atoms with E-state index >= 15 is 0 Å². The van der Waals surface area contributed by atoms with Crippen molar-refractivity contribution in [3.8, 4) is 0 Å². The first kappa shape index (κ1) is 12.5. The van der Waals surface area contributed by atoms with Gasteiger partial charge in [0, 0.05) is 12.1 Å². The fourth-order valence-electron chi connectivity index (χ4n) is 2.76. The molecule has 1 aliphatic heterocycles. The number of benzene rings is 1. The number of halogens is 2. The quantitative estimate of drug-likeness (QED) is 0.874. The molecule has 3 rings (SSSR count). The summed E-state index contributed by atoms with van der Waals surface area (Å²) in [6.07, 6.45) is 3.35. The lowest BCUT2D eigenvalue weighted by Gasteiger charge is -2.28. The Balaban J connectivity index is 1.92. The van der Waals surface area contributed by atoms with E-state index in [1.54, 1.807) is 0 Å². The van der Waals surface area contributed by atoms with Gasteiger partial charge in [-0.1, -0.05) is 13.3 Å². The molecule has 2 aromatic rings. The van der Waals surface area contributed by atoms with Crippen LogP contribution in [0.5, 0.6) is 0 Å². The second kappa shape index (κ2) is 4.89. The molecular formula is C14H17F2N3. The van der Waals surface area contributed by atoms with Crippen LogP contribution in [0, 0.1) is 17.6 Å². The average molecular weight is 265 g/mol. The van der Waals surface area contributed by atoms with Gasteiger partial charge in [-0.25, -0.2) is 13.8 Å². The largest absolute Gasteiger partial charge is 0.341 e. The Morgan fingerprint density at radius 2 is 2.11 bits per heavy atom. The van der Waals surface area contributed by atoms with E-state index in [9.17, 15) is 8.78 Å². The molecule has 0 spiro atoms. The zero-order chi connectivity index (χ0) is 13.4. The normalized spacial score (nSPS) is 23.9. The zero-order valence-corrected chi connectivity index (χ0v) is 10.8. The first-order valence-electron chi connectivity index (χ1n) is 6.75. The Labute approximate surface area is 110 Å². The highest BCUT2D eigenvalue weighted by Gasteiger charge is 2.24. The second-order valence-corrected chi connectivity index (χ2v) is 5.21. The van der Waals surface area contributed by atoms with Gasteiger partial charge in [-0.05, 0) is 25.3 Å². The van der Waals surface area contributed by atoms with Gasteiger partial charge in [0.05, 0.1) is 17.1 Å². The third-order valence-corrected chi connectivity index (χ3v) is 3.96. The minimum absolute atomic E-state index is 0.150. The van der Waals surface area contributed by atoms with Gasteiger partial charge < -0.3 is 10.3 Å². The Morgan fingerprint density at radius 1 is 1.32 bits per heavy atom. The minimum atomic E-state index is -0.853. The van der Waals surface area contributed by atoms with Crippen molar-refractivity contribution < 1.29 is 8.78 Å². The number of piperidine rings is 1. The summed E-state index contributed by atoms with van der Waals surface area (Å²) in [5.74, 6) is -0.231. The topological polar surface area (TPSA) is 40.7 Å². The maximum Gasteiger partial charge on any atom is 0.161 e. The third kappa shape index (κ3) is 2.34. The van der Waals surface area contributed by atoms with Gasteiger partial charge >= 0.3 is 0 Å². The molecule has 19 heavy (non-hydrogen) atoms. The molecule has 1 saturated heterocycles. The van der Waals surface area contributed by atoms with Gasteiger partial charge in [0.1, 0.15) is 5.82 Å². The highest BCUT2D eigenvalue weighted by Crippen LogP contribution is 2.29. The molecule has 0 aliphatic carbocycles. The van der Waals surface area contributed by atoms with E-state index < -0.39 is 11.6 Å². The monoisotopic (exact) mass is 265 g/mol. The molecule has 1 fully saturated rings. The highest BCUT2D eigenvalue weighted by atomic mass is 19.2. The summed E-state index contributed by atoms with van der Waals surface area (Å²) < 4.78 is 26.4. The number of nitrogens with zero attached hydrogens (tertiary/aromatic N) is 1. The Kier molecular flexibility index (Phi) is 3.22. The molecule has 1 aliphatic rings. The number of rotatable bonds is 2. The van der Waals surface area contributed by atoms with E-state index in [0.29, 0.717) is 17.0 Å². The van der Waals surface area contributed by atoms with Crippen LogP contribution in [0.2, 0.25) is 0 Å². The standard InChI is InChI=1S/C14H17F2N3/c1-2-8-3-4-17-13(5-8)14-18-11-6-9(15)10(16)7-12(11)19-14/h6-8,13,17H,2-5H2,1H3,(H,18,19). The number of aromatic nitrogens is 2. The zero-order valence-electron chi connectivity index (χ0n) is 10.8. The number of H-pyrrole nitrogens is 1. The number of imidazole rings is 1. The summed E-state index contributed by atoms with van der Waals surface area (Å²) in [7, 11) is 0. The van der Waals surface area contributed by atoms with E-state index in [0.717, 1.165) is 31.3 Å². The van der Waals surface area contributed by atoms with Crippen molar-refractivity contribution in [2.24, 2.45) is 5.92 Å². The molecule has 2 atom stereocenters. The number of fused-ring (bicyclic) bond motifs is 1. The summed E-state index contributed by atoms with van der Waals surface area (Å²) in [5, 5.41) is 3.41.